The zero-order chi connectivity index (χ0) is 14.8. The molecule has 0 aliphatic rings. The first-order valence-corrected chi connectivity index (χ1v) is 7.56. The third-order valence-corrected chi connectivity index (χ3v) is 4.04. The van der Waals surface area contributed by atoms with Crippen molar-refractivity contribution in [2.75, 3.05) is 11.9 Å². The summed E-state index contributed by atoms with van der Waals surface area (Å²) >= 11 is 13.4. The fourth-order valence-electron chi connectivity index (χ4n) is 1.73. The largest absolute Gasteiger partial charge is 0.339 e. The molecule has 0 saturated heterocycles. The molecule has 0 spiro atoms. The van der Waals surface area contributed by atoms with E-state index in [1.165, 1.54) is 16.0 Å². The molecule has 3 rings (SSSR count). The van der Waals surface area contributed by atoms with E-state index in [-0.39, 0.29) is 5.28 Å². The van der Waals surface area contributed by atoms with Crippen LogP contribution < -0.4 is 4.90 Å². The van der Waals surface area contributed by atoms with Gasteiger partial charge < -0.3 is 4.90 Å². The fourth-order valence-corrected chi connectivity index (χ4v) is 3.02. The van der Waals surface area contributed by atoms with Crippen LogP contribution in [0.5, 0.6) is 0 Å². The van der Waals surface area contributed by atoms with Crippen molar-refractivity contribution in [3.63, 3.8) is 0 Å². The number of aromatic nitrogens is 5. The van der Waals surface area contributed by atoms with Gasteiger partial charge in [0, 0.05) is 24.3 Å². The molecule has 6 nitrogen and oxygen atoms in total. The molecule has 0 aliphatic heterocycles. The monoisotopic (exact) mass is 340 g/mol. The van der Waals surface area contributed by atoms with E-state index in [2.05, 4.69) is 20.1 Å². The predicted octanol–water partition coefficient (Wildman–Crippen LogP) is 3.06. The summed E-state index contributed by atoms with van der Waals surface area (Å²) in [5.74, 6) is 0.857. The van der Waals surface area contributed by atoms with Crippen LogP contribution in [-0.4, -0.2) is 31.8 Å². The quantitative estimate of drug-likeness (QED) is 0.730. The minimum atomic E-state index is 0.126. The van der Waals surface area contributed by atoms with Crippen LogP contribution in [0, 0.1) is 0 Å². The Bertz CT molecular complexity index is 742. The normalized spacial score (nSPS) is 10.8. The number of nitrogens with zero attached hydrogens (tertiary/aromatic N) is 6. The van der Waals surface area contributed by atoms with E-state index in [0.29, 0.717) is 18.4 Å². The molecule has 21 heavy (non-hydrogen) atoms. The van der Waals surface area contributed by atoms with Gasteiger partial charge in [-0.25, -0.2) is 4.68 Å². The number of anilines is 1. The topological polar surface area (TPSA) is 59.7 Å². The van der Waals surface area contributed by atoms with Crippen molar-refractivity contribution < 1.29 is 0 Å². The van der Waals surface area contributed by atoms with Crippen molar-refractivity contribution in [1.82, 2.24) is 24.7 Å². The molecule has 0 N–H and O–H groups in total. The van der Waals surface area contributed by atoms with E-state index < -0.39 is 0 Å². The van der Waals surface area contributed by atoms with Crippen LogP contribution in [0.15, 0.2) is 30.6 Å². The van der Waals surface area contributed by atoms with Crippen LogP contribution >= 0.6 is 34.5 Å². The highest BCUT2D eigenvalue weighted by molar-refractivity contribution is 7.16. The van der Waals surface area contributed by atoms with Gasteiger partial charge in [0.15, 0.2) is 0 Å². The molecule has 0 aromatic carbocycles. The third-order valence-electron chi connectivity index (χ3n) is 2.66. The number of thiophene rings is 1. The van der Waals surface area contributed by atoms with E-state index >= 15 is 0 Å². The summed E-state index contributed by atoms with van der Waals surface area (Å²) in [5.41, 5.74) is 0. The Morgan fingerprint density at radius 3 is 2.76 bits per heavy atom. The molecule has 3 aromatic heterocycles. The van der Waals surface area contributed by atoms with Gasteiger partial charge in [-0.05, 0) is 29.8 Å². The molecule has 3 aromatic rings. The van der Waals surface area contributed by atoms with Gasteiger partial charge in [0.25, 0.3) is 5.95 Å². The molecular formula is C12H10Cl2N6S. The molecule has 0 fully saturated rings. The van der Waals surface area contributed by atoms with E-state index in [1.54, 1.807) is 18.5 Å². The lowest BCUT2D eigenvalue weighted by molar-refractivity contribution is 0.775. The van der Waals surface area contributed by atoms with Gasteiger partial charge in [0.2, 0.25) is 11.2 Å². The first-order chi connectivity index (χ1) is 10.1. The molecule has 0 atom stereocenters. The third kappa shape index (κ3) is 3.31. The Morgan fingerprint density at radius 1 is 1.24 bits per heavy atom. The van der Waals surface area contributed by atoms with Crippen LogP contribution in [0.2, 0.25) is 9.62 Å². The summed E-state index contributed by atoms with van der Waals surface area (Å²) in [7, 11) is 1.88. The maximum absolute atomic E-state index is 5.97. The number of rotatable bonds is 4. The standard InChI is InChI=1S/C12H10Cl2N6S/c1-19(7-8-3-4-9(13)21-8)11-16-10(14)17-12(18-11)20-6-2-5-15-20/h2-6H,7H2,1H3. The minimum Gasteiger partial charge on any atom is -0.339 e. The van der Waals surface area contributed by atoms with Crippen LogP contribution in [0.25, 0.3) is 5.95 Å². The Balaban J connectivity index is 1.87. The lowest BCUT2D eigenvalue weighted by Gasteiger charge is -2.16. The number of hydrogen-bond acceptors (Lipinski definition) is 6. The summed E-state index contributed by atoms with van der Waals surface area (Å²) in [4.78, 5) is 15.6. The van der Waals surface area contributed by atoms with Gasteiger partial charge in [-0.15, -0.1) is 11.3 Å². The van der Waals surface area contributed by atoms with Crippen LogP contribution in [0.4, 0.5) is 5.95 Å². The average Bonchev–Trinajstić information content (AvgIpc) is 3.10. The van der Waals surface area contributed by atoms with E-state index in [9.17, 15) is 0 Å². The fraction of sp³-hybridized carbons (Fsp3) is 0.167. The van der Waals surface area contributed by atoms with Crippen molar-refractivity contribution in [3.8, 4) is 5.95 Å². The molecule has 3 heterocycles. The lowest BCUT2D eigenvalue weighted by atomic mass is 10.4. The smallest absolute Gasteiger partial charge is 0.256 e. The Hall–Kier alpha value is -1.70. The van der Waals surface area contributed by atoms with Crippen molar-refractivity contribution in [2.45, 2.75) is 6.54 Å². The summed E-state index contributed by atoms with van der Waals surface area (Å²) in [6.45, 7) is 0.635. The second-order valence-electron chi connectivity index (χ2n) is 4.22. The minimum absolute atomic E-state index is 0.126. The zero-order valence-electron chi connectivity index (χ0n) is 10.9. The van der Waals surface area contributed by atoms with Gasteiger partial charge in [0.05, 0.1) is 10.9 Å². The molecular weight excluding hydrogens is 331 g/mol. The summed E-state index contributed by atoms with van der Waals surface area (Å²) < 4.78 is 2.29. The van der Waals surface area contributed by atoms with Gasteiger partial charge in [-0.3, -0.25) is 0 Å². The highest BCUT2D eigenvalue weighted by Gasteiger charge is 2.12. The van der Waals surface area contributed by atoms with Gasteiger partial charge in [-0.1, -0.05) is 11.6 Å². The molecule has 108 valence electrons. The molecule has 0 saturated carbocycles. The van der Waals surface area contributed by atoms with Crippen LogP contribution in [0.1, 0.15) is 4.88 Å². The highest BCUT2D eigenvalue weighted by atomic mass is 35.5. The van der Waals surface area contributed by atoms with Crippen molar-refractivity contribution in [2.24, 2.45) is 0 Å². The Labute approximate surface area is 135 Å². The highest BCUT2D eigenvalue weighted by Crippen LogP contribution is 2.23. The first kappa shape index (κ1) is 14.2. The van der Waals surface area contributed by atoms with Crippen molar-refractivity contribution in [1.29, 1.82) is 0 Å². The van der Waals surface area contributed by atoms with E-state index in [1.807, 2.05) is 24.1 Å². The van der Waals surface area contributed by atoms with Crippen molar-refractivity contribution >= 4 is 40.5 Å². The molecule has 0 bridgehead atoms. The molecule has 9 heteroatoms. The SMILES string of the molecule is CN(Cc1ccc(Cl)s1)c1nc(Cl)nc(-n2cccn2)n1. The van der Waals surface area contributed by atoms with E-state index in [0.717, 1.165) is 9.21 Å². The molecule has 0 aliphatic carbocycles. The van der Waals surface area contributed by atoms with Crippen molar-refractivity contribution in [3.05, 3.63) is 45.1 Å². The van der Waals surface area contributed by atoms with E-state index in [4.69, 9.17) is 23.2 Å². The molecule has 0 unspecified atom stereocenters. The van der Waals surface area contributed by atoms with Crippen LogP contribution in [0.3, 0.4) is 0 Å². The van der Waals surface area contributed by atoms with Gasteiger partial charge >= 0.3 is 0 Å². The van der Waals surface area contributed by atoms with Gasteiger partial charge in [-0.2, -0.15) is 20.1 Å². The Kier molecular flexibility index (Phi) is 4.05. The maximum Gasteiger partial charge on any atom is 0.256 e. The zero-order valence-corrected chi connectivity index (χ0v) is 13.3. The van der Waals surface area contributed by atoms with Crippen LogP contribution in [-0.2, 0) is 6.54 Å². The summed E-state index contributed by atoms with van der Waals surface area (Å²) in [5, 5.41) is 4.21. The second kappa shape index (κ2) is 5.97. The average molecular weight is 341 g/mol. The summed E-state index contributed by atoms with van der Waals surface area (Å²) in [6.07, 6.45) is 3.39. The maximum atomic E-state index is 5.97. The summed E-state index contributed by atoms with van der Waals surface area (Å²) in [6, 6.07) is 5.63. The predicted molar refractivity (Wildman–Crippen MR) is 83.4 cm³/mol. The first-order valence-electron chi connectivity index (χ1n) is 5.99. The number of halogens is 2. The number of hydrogen-bond donors (Lipinski definition) is 0. The molecule has 0 radical (unpaired) electrons. The lowest BCUT2D eigenvalue weighted by Crippen LogP contribution is -2.20. The van der Waals surface area contributed by atoms with Gasteiger partial charge in [0.1, 0.15) is 0 Å². The second-order valence-corrected chi connectivity index (χ2v) is 6.35. The molecule has 0 amide bonds. The Morgan fingerprint density at radius 2 is 2.10 bits per heavy atom.